The average molecular weight is 462 g/mol. The summed E-state index contributed by atoms with van der Waals surface area (Å²) in [7, 11) is 0. The molecule has 34 heavy (non-hydrogen) atoms. The van der Waals surface area contributed by atoms with Crippen molar-refractivity contribution in [3.8, 4) is 16.9 Å². The Bertz CT molecular complexity index is 1160. The van der Waals surface area contributed by atoms with E-state index in [0.717, 1.165) is 27.8 Å². The Kier molecular flexibility index (Phi) is 7.38. The lowest BCUT2D eigenvalue weighted by molar-refractivity contribution is -0.156. The molecule has 3 aromatic rings. The lowest BCUT2D eigenvalue weighted by Crippen LogP contribution is -2.31. The zero-order valence-corrected chi connectivity index (χ0v) is 19.3. The van der Waals surface area contributed by atoms with Gasteiger partial charge in [0.1, 0.15) is 24.3 Å². The van der Waals surface area contributed by atoms with E-state index in [1.54, 1.807) is 24.5 Å². The summed E-state index contributed by atoms with van der Waals surface area (Å²) in [5.74, 6) is 0.149. The minimum atomic E-state index is -0.708. The minimum absolute atomic E-state index is 0.0192. The van der Waals surface area contributed by atoms with Gasteiger partial charge in [-0.1, -0.05) is 38.1 Å². The van der Waals surface area contributed by atoms with Crippen LogP contribution in [-0.2, 0) is 16.1 Å². The molecule has 6 heteroatoms. The first kappa shape index (κ1) is 23.6. The summed E-state index contributed by atoms with van der Waals surface area (Å²) < 4.78 is 25.1. The maximum absolute atomic E-state index is 13.6. The topological polar surface area (TPSA) is 68.7 Å². The van der Waals surface area contributed by atoms with Gasteiger partial charge < -0.3 is 14.6 Å². The second-order valence-corrected chi connectivity index (χ2v) is 8.77. The van der Waals surface area contributed by atoms with Crippen molar-refractivity contribution in [1.82, 2.24) is 4.98 Å². The molecule has 1 saturated heterocycles. The predicted molar refractivity (Wildman–Crippen MR) is 129 cm³/mol. The first-order valence-electron chi connectivity index (χ1n) is 11.4. The normalized spacial score (nSPS) is 18.3. The van der Waals surface area contributed by atoms with Crippen molar-refractivity contribution in [2.45, 2.75) is 51.4 Å². The Hall–Kier alpha value is -3.51. The van der Waals surface area contributed by atoms with Gasteiger partial charge in [-0.25, -0.2) is 4.39 Å². The highest BCUT2D eigenvalue weighted by Crippen LogP contribution is 2.36. The molecule has 1 aromatic heterocycles. The molecule has 2 unspecified atom stereocenters. The number of pyridine rings is 1. The number of nitrogens with zero attached hydrogens (tertiary/aromatic N) is 1. The van der Waals surface area contributed by atoms with Crippen LogP contribution in [0.1, 0.15) is 49.3 Å². The van der Waals surface area contributed by atoms with Crippen molar-refractivity contribution < 1.29 is 23.8 Å². The molecular formula is C28H28FNO4. The molecule has 2 atom stereocenters. The van der Waals surface area contributed by atoms with E-state index in [0.29, 0.717) is 18.8 Å². The highest BCUT2D eigenvalue weighted by atomic mass is 19.1. The zero-order chi connectivity index (χ0) is 24.1. The second kappa shape index (κ2) is 10.6. The highest BCUT2D eigenvalue weighted by molar-refractivity contribution is 5.79. The van der Waals surface area contributed by atoms with Crippen molar-refractivity contribution in [2.75, 3.05) is 0 Å². The van der Waals surface area contributed by atoms with Crippen LogP contribution in [0.25, 0.3) is 17.2 Å². The van der Waals surface area contributed by atoms with Crippen LogP contribution in [0.5, 0.6) is 5.75 Å². The molecule has 0 spiro atoms. The summed E-state index contributed by atoms with van der Waals surface area (Å²) >= 11 is 0. The average Bonchev–Trinajstić information content (AvgIpc) is 2.82. The largest absolute Gasteiger partial charge is 0.489 e. The van der Waals surface area contributed by atoms with E-state index in [2.05, 4.69) is 18.8 Å². The Labute approximate surface area is 198 Å². The molecule has 0 amide bonds. The Morgan fingerprint density at radius 2 is 2.03 bits per heavy atom. The molecular weight excluding hydrogens is 433 g/mol. The van der Waals surface area contributed by atoms with Crippen molar-refractivity contribution in [3.05, 3.63) is 89.5 Å². The van der Waals surface area contributed by atoms with E-state index in [4.69, 9.17) is 9.47 Å². The minimum Gasteiger partial charge on any atom is -0.489 e. The Morgan fingerprint density at radius 1 is 1.24 bits per heavy atom. The zero-order valence-electron chi connectivity index (χ0n) is 19.3. The van der Waals surface area contributed by atoms with Crippen molar-refractivity contribution in [2.24, 2.45) is 0 Å². The number of carbonyl (C=O) groups is 1. The smallest absolute Gasteiger partial charge is 0.309 e. The van der Waals surface area contributed by atoms with Crippen LogP contribution in [-0.4, -0.2) is 28.3 Å². The Morgan fingerprint density at radius 3 is 2.71 bits per heavy atom. The summed E-state index contributed by atoms with van der Waals surface area (Å²) in [5.41, 5.74) is 4.66. The molecule has 176 valence electrons. The molecule has 1 N–H and O–H groups in total. The van der Waals surface area contributed by atoms with Crippen LogP contribution in [0.4, 0.5) is 4.39 Å². The standard InChI is InChI=1S/C28H28FNO4/c1-18(2)26-14-24(33-17-19-4-3-11-30-16-19)15-27(20-5-7-21(29)8-6-20)25(26)10-9-23-12-22(31)13-28(32)34-23/h3-11,14-16,18,22-23,31H,12-13,17H2,1-2H3/b10-9+. The van der Waals surface area contributed by atoms with Crippen LogP contribution in [0.15, 0.2) is 67.0 Å². The van der Waals surface area contributed by atoms with E-state index in [-0.39, 0.29) is 18.2 Å². The van der Waals surface area contributed by atoms with E-state index in [1.807, 2.05) is 36.4 Å². The molecule has 2 aromatic carbocycles. The summed E-state index contributed by atoms with van der Waals surface area (Å²) in [6, 6.07) is 14.1. The van der Waals surface area contributed by atoms with Gasteiger partial charge in [-0.15, -0.1) is 0 Å². The van der Waals surface area contributed by atoms with Crippen LogP contribution < -0.4 is 4.74 Å². The van der Waals surface area contributed by atoms with Crippen LogP contribution >= 0.6 is 0 Å². The number of carbonyl (C=O) groups excluding carboxylic acids is 1. The van der Waals surface area contributed by atoms with Crippen LogP contribution in [0, 0.1) is 5.82 Å². The van der Waals surface area contributed by atoms with E-state index in [1.165, 1.54) is 12.1 Å². The van der Waals surface area contributed by atoms with Gasteiger partial charge in [0.05, 0.1) is 12.5 Å². The number of hydrogen-bond donors (Lipinski definition) is 1. The predicted octanol–water partition coefficient (Wildman–Crippen LogP) is 5.67. The SMILES string of the molecule is CC(C)c1cc(OCc2cccnc2)cc(-c2ccc(F)cc2)c1/C=C/C1CC(O)CC(=O)O1. The first-order valence-corrected chi connectivity index (χ1v) is 11.4. The van der Waals surface area contributed by atoms with E-state index < -0.39 is 18.2 Å². The number of rotatable bonds is 7. The number of benzene rings is 2. The summed E-state index contributed by atoms with van der Waals surface area (Å²) in [5, 5.41) is 9.95. The fraction of sp³-hybridized carbons (Fsp3) is 0.286. The molecule has 0 bridgehead atoms. The van der Waals surface area contributed by atoms with E-state index >= 15 is 0 Å². The van der Waals surface area contributed by atoms with Crippen LogP contribution in [0.2, 0.25) is 0 Å². The third-order valence-electron chi connectivity index (χ3n) is 5.76. The van der Waals surface area contributed by atoms with Crippen molar-refractivity contribution in [1.29, 1.82) is 0 Å². The van der Waals surface area contributed by atoms with Gasteiger partial charge >= 0.3 is 5.97 Å². The number of cyclic esters (lactones) is 1. The van der Waals surface area contributed by atoms with Gasteiger partial charge in [-0.05, 0) is 64.6 Å². The number of aromatic nitrogens is 1. The number of aliphatic hydroxyl groups excluding tert-OH is 1. The number of halogens is 1. The molecule has 0 radical (unpaired) electrons. The van der Waals surface area contributed by atoms with Gasteiger partial charge in [-0.3, -0.25) is 9.78 Å². The molecule has 1 aliphatic heterocycles. The third kappa shape index (κ3) is 5.88. The lowest BCUT2D eigenvalue weighted by Gasteiger charge is -2.24. The molecule has 5 nitrogen and oxygen atoms in total. The fourth-order valence-electron chi connectivity index (χ4n) is 4.04. The number of hydrogen-bond acceptors (Lipinski definition) is 5. The van der Waals surface area contributed by atoms with Gasteiger partial charge in [0.15, 0.2) is 0 Å². The number of esters is 1. The number of ether oxygens (including phenoxy) is 2. The van der Waals surface area contributed by atoms with Gasteiger partial charge in [0.25, 0.3) is 0 Å². The molecule has 4 rings (SSSR count). The van der Waals surface area contributed by atoms with Crippen molar-refractivity contribution in [3.63, 3.8) is 0 Å². The summed E-state index contributed by atoms with van der Waals surface area (Å²) in [6.45, 7) is 4.56. The molecule has 1 fully saturated rings. The number of aliphatic hydroxyl groups is 1. The molecule has 1 aliphatic rings. The van der Waals surface area contributed by atoms with Gasteiger partial charge in [-0.2, -0.15) is 0 Å². The van der Waals surface area contributed by atoms with Crippen LogP contribution in [0.3, 0.4) is 0 Å². The molecule has 2 heterocycles. The van der Waals surface area contributed by atoms with Gasteiger partial charge in [0.2, 0.25) is 0 Å². The summed E-state index contributed by atoms with van der Waals surface area (Å²) in [6.07, 6.45) is 6.39. The van der Waals surface area contributed by atoms with E-state index in [9.17, 15) is 14.3 Å². The fourth-order valence-corrected chi connectivity index (χ4v) is 4.04. The molecule has 0 aliphatic carbocycles. The molecule has 0 saturated carbocycles. The Balaban J connectivity index is 1.73. The quantitative estimate of drug-likeness (QED) is 0.459. The third-order valence-corrected chi connectivity index (χ3v) is 5.76. The maximum atomic E-state index is 13.6. The van der Waals surface area contributed by atoms with Crippen molar-refractivity contribution >= 4 is 12.0 Å². The second-order valence-electron chi connectivity index (χ2n) is 8.77. The maximum Gasteiger partial charge on any atom is 0.309 e. The summed E-state index contributed by atoms with van der Waals surface area (Å²) in [4.78, 5) is 15.9. The van der Waals surface area contributed by atoms with Gasteiger partial charge in [0, 0.05) is 24.4 Å². The first-order chi connectivity index (χ1) is 16.4. The highest BCUT2D eigenvalue weighted by Gasteiger charge is 2.25. The monoisotopic (exact) mass is 461 g/mol. The lowest BCUT2D eigenvalue weighted by atomic mass is 9.89.